The molecule has 1 aromatic carbocycles. The summed E-state index contributed by atoms with van der Waals surface area (Å²) in [5.74, 6) is -0.885. The molecule has 0 aliphatic rings. The summed E-state index contributed by atoms with van der Waals surface area (Å²) >= 11 is 0. The monoisotopic (exact) mass is 203 g/mol. The van der Waals surface area contributed by atoms with Crippen LogP contribution in [0.3, 0.4) is 0 Å². The zero-order valence-corrected chi connectivity index (χ0v) is 8.79. The number of para-hydroxylation sites is 1. The molecule has 0 saturated heterocycles. The molecule has 0 saturated carbocycles. The van der Waals surface area contributed by atoms with Crippen LogP contribution in [0.4, 0.5) is 0 Å². The number of hydrogen-bond donors (Lipinski definition) is 2. The zero-order chi connectivity index (χ0) is 11.0. The third kappa shape index (κ3) is 1.40. The van der Waals surface area contributed by atoms with Gasteiger partial charge < -0.3 is 10.1 Å². The van der Waals surface area contributed by atoms with Crippen molar-refractivity contribution in [3.8, 4) is 0 Å². The summed E-state index contributed by atoms with van der Waals surface area (Å²) in [4.78, 5) is 14.2. The Bertz CT molecular complexity index is 526. The summed E-state index contributed by atoms with van der Waals surface area (Å²) in [6, 6.07) is 5.38. The average Bonchev–Trinajstić information content (AvgIpc) is 2.52. The van der Waals surface area contributed by atoms with Crippen LogP contribution in [0.1, 0.15) is 28.5 Å². The van der Waals surface area contributed by atoms with Gasteiger partial charge in [-0.2, -0.15) is 0 Å². The van der Waals surface area contributed by atoms with E-state index in [1.54, 1.807) is 12.1 Å². The van der Waals surface area contributed by atoms with Crippen LogP contribution in [-0.2, 0) is 6.42 Å². The number of nitrogens with one attached hydrogen (secondary N) is 1. The van der Waals surface area contributed by atoms with E-state index < -0.39 is 5.97 Å². The third-order valence-corrected chi connectivity index (χ3v) is 2.74. The highest BCUT2D eigenvalue weighted by Crippen LogP contribution is 2.25. The molecule has 2 N–H and O–H groups in total. The fraction of sp³-hybridized carbons (Fsp3) is 0.250. The lowest BCUT2D eigenvalue weighted by Crippen LogP contribution is -1.96. The highest BCUT2D eigenvalue weighted by molar-refractivity contribution is 6.03. The lowest BCUT2D eigenvalue weighted by Gasteiger charge is -1.97. The fourth-order valence-corrected chi connectivity index (χ4v) is 2.04. The predicted molar refractivity (Wildman–Crippen MR) is 59.4 cm³/mol. The van der Waals surface area contributed by atoms with Crippen molar-refractivity contribution in [1.29, 1.82) is 0 Å². The SMILES string of the molecule is CCc1c(C)[nH]c2c(C(=O)O)cccc12. The summed E-state index contributed by atoms with van der Waals surface area (Å²) in [5, 5.41) is 10.1. The van der Waals surface area contributed by atoms with Gasteiger partial charge in [-0.15, -0.1) is 0 Å². The molecule has 0 fully saturated rings. The highest BCUT2D eigenvalue weighted by atomic mass is 16.4. The first kappa shape index (κ1) is 9.77. The molecule has 0 aliphatic carbocycles. The molecular formula is C12H13NO2. The lowest BCUT2D eigenvalue weighted by atomic mass is 10.1. The van der Waals surface area contributed by atoms with Crippen LogP contribution < -0.4 is 0 Å². The number of aromatic carboxylic acids is 1. The molecule has 1 aromatic heterocycles. The number of aryl methyl sites for hydroxylation is 2. The number of aromatic amines is 1. The standard InChI is InChI=1S/C12H13NO2/c1-3-8-7(2)13-11-9(8)5-4-6-10(11)12(14)15/h4-6,13H,3H2,1-2H3,(H,14,15). The Hall–Kier alpha value is -1.77. The number of benzene rings is 1. The number of hydrogen-bond acceptors (Lipinski definition) is 1. The Morgan fingerprint density at radius 1 is 1.47 bits per heavy atom. The van der Waals surface area contributed by atoms with Crippen LogP contribution in [0.5, 0.6) is 0 Å². The third-order valence-electron chi connectivity index (χ3n) is 2.74. The number of aromatic nitrogens is 1. The van der Waals surface area contributed by atoms with Crippen molar-refractivity contribution in [3.05, 3.63) is 35.0 Å². The molecule has 0 unspecified atom stereocenters. The fourth-order valence-electron chi connectivity index (χ4n) is 2.04. The van der Waals surface area contributed by atoms with Crippen molar-refractivity contribution in [1.82, 2.24) is 4.98 Å². The van der Waals surface area contributed by atoms with E-state index in [-0.39, 0.29) is 0 Å². The van der Waals surface area contributed by atoms with Gasteiger partial charge in [-0.1, -0.05) is 19.1 Å². The Labute approximate surface area is 87.7 Å². The second-order valence-corrected chi connectivity index (χ2v) is 3.62. The maximum Gasteiger partial charge on any atom is 0.337 e. The Balaban J connectivity index is 2.83. The van der Waals surface area contributed by atoms with E-state index in [0.717, 1.165) is 23.0 Å². The molecule has 2 rings (SSSR count). The largest absolute Gasteiger partial charge is 0.478 e. The van der Waals surface area contributed by atoms with Gasteiger partial charge in [0.2, 0.25) is 0 Å². The molecule has 0 radical (unpaired) electrons. The van der Waals surface area contributed by atoms with Crippen molar-refractivity contribution in [2.24, 2.45) is 0 Å². The summed E-state index contributed by atoms with van der Waals surface area (Å²) in [6.07, 6.45) is 0.912. The van der Waals surface area contributed by atoms with Crippen molar-refractivity contribution >= 4 is 16.9 Å². The minimum Gasteiger partial charge on any atom is -0.478 e. The molecule has 0 amide bonds. The number of H-pyrrole nitrogens is 1. The molecule has 0 atom stereocenters. The number of carbonyl (C=O) groups is 1. The van der Waals surface area contributed by atoms with Gasteiger partial charge in [0.1, 0.15) is 0 Å². The van der Waals surface area contributed by atoms with Gasteiger partial charge in [0.05, 0.1) is 11.1 Å². The van der Waals surface area contributed by atoms with Crippen molar-refractivity contribution in [3.63, 3.8) is 0 Å². The molecule has 15 heavy (non-hydrogen) atoms. The zero-order valence-electron chi connectivity index (χ0n) is 8.79. The maximum atomic E-state index is 11.0. The molecule has 78 valence electrons. The van der Waals surface area contributed by atoms with Crippen LogP contribution in [-0.4, -0.2) is 16.1 Å². The van der Waals surface area contributed by atoms with E-state index in [9.17, 15) is 4.79 Å². The predicted octanol–water partition coefficient (Wildman–Crippen LogP) is 2.74. The van der Waals surface area contributed by atoms with Crippen LogP contribution in [0.25, 0.3) is 10.9 Å². The van der Waals surface area contributed by atoms with Gasteiger partial charge in [0.15, 0.2) is 0 Å². The van der Waals surface area contributed by atoms with Gasteiger partial charge in [0, 0.05) is 11.1 Å². The normalized spacial score (nSPS) is 10.8. The van der Waals surface area contributed by atoms with Gasteiger partial charge in [0.25, 0.3) is 0 Å². The molecule has 1 heterocycles. The first-order chi connectivity index (χ1) is 7.15. The van der Waals surface area contributed by atoms with Gasteiger partial charge >= 0.3 is 5.97 Å². The minimum absolute atomic E-state index is 0.343. The first-order valence-corrected chi connectivity index (χ1v) is 4.98. The summed E-state index contributed by atoms with van der Waals surface area (Å²) < 4.78 is 0. The molecule has 3 nitrogen and oxygen atoms in total. The topological polar surface area (TPSA) is 53.1 Å². The second-order valence-electron chi connectivity index (χ2n) is 3.62. The van der Waals surface area contributed by atoms with E-state index in [1.165, 1.54) is 5.56 Å². The lowest BCUT2D eigenvalue weighted by molar-refractivity contribution is 0.0699. The van der Waals surface area contributed by atoms with E-state index in [4.69, 9.17) is 5.11 Å². The van der Waals surface area contributed by atoms with E-state index >= 15 is 0 Å². The first-order valence-electron chi connectivity index (χ1n) is 4.98. The van der Waals surface area contributed by atoms with Crippen LogP contribution in [0.15, 0.2) is 18.2 Å². The van der Waals surface area contributed by atoms with Crippen molar-refractivity contribution in [2.75, 3.05) is 0 Å². The maximum absolute atomic E-state index is 11.0. The summed E-state index contributed by atoms with van der Waals surface area (Å²) in [7, 11) is 0. The molecule has 0 aliphatic heterocycles. The van der Waals surface area contributed by atoms with Crippen molar-refractivity contribution < 1.29 is 9.90 Å². The molecular weight excluding hydrogens is 190 g/mol. The minimum atomic E-state index is -0.885. The molecule has 2 aromatic rings. The number of carboxylic acid groups (broad SMARTS) is 1. The number of fused-ring (bicyclic) bond motifs is 1. The Morgan fingerprint density at radius 2 is 2.20 bits per heavy atom. The van der Waals surface area contributed by atoms with E-state index in [1.807, 2.05) is 13.0 Å². The smallest absolute Gasteiger partial charge is 0.337 e. The molecule has 0 bridgehead atoms. The van der Waals surface area contributed by atoms with Crippen LogP contribution in [0, 0.1) is 6.92 Å². The van der Waals surface area contributed by atoms with Crippen molar-refractivity contribution in [2.45, 2.75) is 20.3 Å². The highest BCUT2D eigenvalue weighted by Gasteiger charge is 2.13. The quantitative estimate of drug-likeness (QED) is 0.788. The second kappa shape index (κ2) is 3.42. The molecule has 3 heteroatoms. The Morgan fingerprint density at radius 3 is 2.80 bits per heavy atom. The van der Waals surface area contributed by atoms with Crippen LogP contribution in [0.2, 0.25) is 0 Å². The average molecular weight is 203 g/mol. The van der Waals surface area contributed by atoms with Crippen LogP contribution >= 0.6 is 0 Å². The van der Waals surface area contributed by atoms with Gasteiger partial charge in [-0.25, -0.2) is 4.79 Å². The number of carboxylic acids is 1. The molecule has 0 spiro atoms. The van der Waals surface area contributed by atoms with E-state index in [2.05, 4.69) is 11.9 Å². The van der Waals surface area contributed by atoms with E-state index in [0.29, 0.717) is 5.56 Å². The Kier molecular flexibility index (Phi) is 2.23. The number of rotatable bonds is 2. The van der Waals surface area contributed by atoms with Gasteiger partial charge in [-0.3, -0.25) is 0 Å². The summed E-state index contributed by atoms with van der Waals surface area (Å²) in [5.41, 5.74) is 3.34. The van der Waals surface area contributed by atoms with Gasteiger partial charge in [-0.05, 0) is 25.0 Å². The summed E-state index contributed by atoms with van der Waals surface area (Å²) in [6.45, 7) is 4.05.